The van der Waals surface area contributed by atoms with Crippen molar-refractivity contribution in [2.45, 2.75) is 12.5 Å². The fraction of sp³-hybridized carbons (Fsp3) is 0.222. The van der Waals surface area contributed by atoms with Crippen molar-refractivity contribution >= 4 is 11.6 Å². The van der Waals surface area contributed by atoms with Crippen LogP contribution in [-0.2, 0) is 11.2 Å². The zero-order valence-corrected chi connectivity index (χ0v) is 7.27. The maximum atomic E-state index is 13.2. The predicted octanol–water partition coefficient (Wildman–Crippen LogP) is 0.431. The third kappa shape index (κ3) is 1.18. The third-order valence-corrected chi connectivity index (χ3v) is 2.25. The van der Waals surface area contributed by atoms with Crippen LogP contribution in [0.15, 0.2) is 18.2 Å². The first-order valence-corrected chi connectivity index (χ1v) is 4.17. The highest BCUT2D eigenvalue weighted by atomic mass is 19.1. The van der Waals surface area contributed by atoms with Crippen molar-refractivity contribution < 1.29 is 14.4 Å². The minimum atomic E-state index is -0.797. The first-order chi connectivity index (χ1) is 6.61. The molecule has 4 nitrogen and oxygen atoms in total. The molecule has 0 spiro atoms. The largest absolute Gasteiger partial charge is 0.320 e. The predicted molar refractivity (Wildman–Crippen MR) is 47.4 cm³/mol. The number of carbonyl (C=O) groups excluding carboxylic acids is 1. The number of rotatable bonds is 0. The number of carbonyl (C=O) groups is 1. The van der Waals surface area contributed by atoms with Gasteiger partial charge < -0.3 is 5.73 Å². The Labute approximate surface area is 79.7 Å². The van der Waals surface area contributed by atoms with Crippen molar-refractivity contribution in [1.82, 2.24) is 0 Å². The van der Waals surface area contributed by atoms with Gasteiger partial charge in [0.05, 0.1) is 6.04 Å². The molecule has 1 aliphatic rings. The van der Waals surface area contributed by atoms with E-state index in [1.54, 1.807) is 6.07 Å². The lowest BCUT2D eigenvalue weighted by Gasteiger charge is -2.27. The van der Waals surface area contributed by atoms with Crippen molar-refractivity contribution in [3.8, 4) is 0 Å². The lowest BCUT2D eigenvalue weighted by molar-refractivity contribution is -0.125. The molecule has 14 heavy (non-hydrogen) atoms. The molecular formula is C9H9FN2O2. The molecule has 0 saturated carbocycles. The molecular weight excluding hydrogens is 187 g/mol. The van der Waals surface area contributed by atoms with Gasteiger partial charge in [0.25, 0.3) is 5.91 Å². The van der Waals surface area contributed by atoms with Gasteiger partial charge >= 0.3 is 0 Å². The lowest BCUT2D eigenvalue weighted by Crippen LogP contribution is -2.47. The van der Waals surface area contributed by atoms with Gasteiger partial charge in [0.15, 0.2) is 0 Å². The van der Waals surface area contributed by atoms with Gasteiger partial charge in [-0.3, -0.25) is 10.0 Å². The number of anilines is 1. The normalized spacial score (nSPS) is 20.9. The van der Waals surface area contributed by atoms with Crippen LogP contribution >= 0.6 is 0 Å². The summed E-state index contributed by atoms with van der Waals surface area (Å²) in [5, 5.41) is 9.64. The number of halogens is 1. The molecule has 1 aromatic rings. The van der Waals surface area contributed by atoms with Crippen LogP contribution in [0.1, 0.15) is 5.56 Å². The van der Waals surface area contributed by atoms with Crippen LogP contribution in [0, 0.1) is 5.82 Å². The van der Waals surface area contributed by atoms with Crippen LogP contribution in [0.25, 0.3) is 0 Å². The Morgan fingerprint density at radius 3 is 3.00 bits per heavy atom. The van der Waals surface area contributed by atoms with Gasteiger partial charge in [-0.05, 0) is 18.1 Å². The minimum Gasteiger partial charge on any atom is -0.320 e. The number of para-hydroxylation sites is 1. The number of hydrogen-bond donors (Lipinski definition) is 2. The van der Waals surface area contributed by atoms with Crippen molar-refractivity contribution in [2.75, 3.05) is 5.06 Å². The van der Waals surface area contributed by atoms with Crippen molar-refractivity contribution in [3.05, 3.63) is 29.6 Å². The number of benzene rings is 1. The standard InChI is InChI=1S/C9H9FN2O2/c10-6-3-1-2-5-4-7(11)9(13)12(14)8(5)6/h1-3,7,14H,4,11H2. The van der Waals surface area contributed by atoms with Gasteiger partial charge in [-0.2, -0.15) is 5.06 Å². The van der Waals surface area contributed by atoms with E-state index in [0.717, 1.165) is 0 Å². The monoisotopic (exact) mass is 196 g/mol. The fourth-order valence-electron chi connectivity index (χ4n) is 1.55. The molecule has 0 fully saturated rings. The molecule has 0 aliphatic carbocycles. The molecule has 5 heteroatoms. The fourth-order valence-corrected chi connectivity index (χ4v) is 1.55. The van der Waals surface area contributed by atoms with Gasteiger partial charge in [-0.15, -0.1) is 0 Å². The Balaban J connectivity index is 2.56. The van der Waals surface area contributed by atoms with Crippen molar-refractivity contribution in [1.29, 1.82) is 0 Å². The number of nitrogens with zero attached hydrogens (tertiary/aromatic N) is 1. The van der Waals surface area contributed by atoms with E-state index in [4.69, 9.17) is 5.73 Å². The highest BCUT2D eigenvalue weighted by Crippen LogP contribution is 2.28. The van der Waals surface area contributed by atoms with E-state index in [-0.39, 0.29) is 12.1 Å². The van der Waals surface area contributed by atoms with Gasteiger partial charge in [0.2, 0.25) is 0 Å². The SMILES string of the molecule is NC1Cc2cccc(F)c2N(O)C1=O. The lowest BCUT2D eigenvalue weighted by atomic mass is 9.99. The second-order valence-electron chi connectivity index (χ2n) is 3.21. The third-order valence-electron chi connectivity index (χ3n) is 2.25. The maximum absolute atomic E-state index is 13.2. The topological polar surface area (TPSA) is 66.6 Å². The molecule has 0 saturated heterocycles. The molecule has 74 valence electrons. The molecule has 1 amide bonds. The molecule has 1 atom stereocenters. The minimum absolute atomic E-state index is 0.0841. The molecule has 1 unspecified atom stereocenters. The average molecular weight is 196 g/mol. The summed E-state index contributed by atoms with van der Waals surface area (Å²) in [7, 11) is 0. The summed E-state index contributed by atoms with van der Waals surface area (Å²) in [5.41, 5.74) is 5.92. The summed E-state index contributed by atoms with van der Waals surface area (Å²) in [6.45, 7) is 0. The van der Waals surface area contributed by atoms with Crippen LogP contribution < -0.4 is 10.8 Å². The van der Waals surface area contributed by atoms with Gasteiger partial charge in [0.1, 0.15) is 11.5 Å². The molecule has 0 bridgehead atoms. The maximum Gasteiger partial charge on any atom is 0.268 e. The Morgan fingerprint density at radius 2 is 2.29 bits per heavy atom. The second kappa shape index (κ2) is 3.04. The summed E-state index contributed by atoms with van der Waals surface area (Å²) in [4.78, 5) is 11.2. The molecule has 0 radical (unpaired) electrons. The number of amides is 1. The zero-order valence-electron chi connectivity index (χ0n) is 7.27. The molecule has 0 aromatic heterocycles. The van der Waals surface area contributed by atoms with Gasteiger partial charge in [-0.1, -0.05) is 12.1 Å². The van der Waals surface area contributed by atoms with Gasteiger partial charge in [0, 0.05) is 0 Å². The van der Waals surface area contributed by atoms with E-state index >= 15 is 0 Å². The number of nitrogens with two attached hydrogens (primary N) is 1. The second-order valence-corrected chi connectivity index (χ2v) is 3.21. The van der Waals surface area contributed by atoms with Crippen molar-refractivity contribution in [3.63, 3.8) is 0 Å². The zero-order chi connectivity index (χ0) is 10.3. The Morgan fingerprint density at radius 1 is 1.57 bits per heavy atom. The number of hydroxylamine groups is 1. The highest BCUT2D eigenvalue weighted by molar-refractivity contribution is 5.98. The summed E-state index contributed by atoms with van der Waals surface area (Å²) < 4.78 is 13.2. The Hall–Kier alpha value is -1.46. The molecule has 1 heterocycles. The Bertz CT molecular complexity index is 394. The summed E-state index contributed by atoms with van der Waals surface area (Å²) in [6.07, 6.45) is 0.253. The molecule has 1 aliphatic heterocycles. The molecule has 1 aromatic carbocycles. The highest BCUT2D eigenvalue weighted by Gasteiger charge is 2.31. The molecule has 2 rings (SSSR count). The number of fused-ring (bicyclic) bond motifs is 1. The van der Waals surface area contributed by atoms with Crippen LogP contribution in [0.4, 0.5) is 10.1 Å². The summed E-state index contributed by atoms with van der Waals surface area (Å²) in [5.74, 6) is -1.30. The first-order valence-electron chi connectivity index (χ1n) is 4.17. The van der Waals surface area contributed by atoms with E-state index in [1.165, 1.54) is 12.1 Å². The summed E-state index contributed by atoms with van der Waals surface area (Å²) in [6, 6.07) is 3.54. The quantitative estimate of drug-likeness (QED) is 0.591. The van der Waals surface area contributed by atoms with Crippen LogP contribution in [0.5, 0.6) is 0 Å². The van der Waals surface area contributed by atoms with E-state index in [0.29, 0.717) is 10.6 Å². The van der Waals surface area contributed by atoms with E-state index < -0.39 is 17.8 Å². The van der Waals surface area contributed by atoms with Crippen LogP contribution in [0.3, 0.4) is 0 Å². The van der Waals surface area contributed by atoms with Crippen molar-refractivity contribution in [2.24, 2.45) is 5.73 Å². The van der Waals surface area contributed by atoms with Crippen LogP contribution in [-0.4, -0.2) is 17.2 Å². The smallest absolute Gasteiger partial charge is 0.268 e. The van der Waals surface area contributed by atoms with E-state index in [1.807, 2.05) is 0 Å². The van der Waals surface area contributed by atoms with E-state index in [9.17, 15) is 14.4 Å². The van der Waals surface area contributed by atoms with Gasteiger partial charge in [-0.25, -0.2) is 4.39 Å². The molecule has 3 N–H and O–H groups in total. The van der Waals surface area contributed by atoms with Crippen LogP contribution in [0.2, 0.25) is 0 Å². The van der Waals surface area contributed by atoms with E-state index in [2.05, 4.69) is 0 Å². The summed E-state index contributed by atoms with van der Waals surface area (Å²) >= 11 is 0. The Kier molecular flexibility index (Phi) is 1.98. The average Bonchev–Trinajstić information content (AvgIpc) is 2.14. The number of hydrogen-bond acceptors (Lipinski definition) is 3. The first kappa shape index (κ1) is 9.11.